The second kappa shape index (κ2) is 7.10. The molecule has 0 radical (unpaired) electrons. The van der Waals surface area contributed by atoms with Crippen LogP contribution in [-0.2, 0) is 0 Å². The third kappa shape index (κ3) is 3.74. The summed E-state index contributed by atoms with van der Waals surface area (Å²) in [6.07, 6.45) is 3.52. The van der Waals surface area contributed by atoms with Crippen LogP contribution in [-0.4, -0.2) is 42.1 Å². The van der Waals surface area contributed by atoms with E-state index in [0.29, 0.717) is 11.5 Å². The molecule has 112 valence electrons. The van der Waals surface area contributed by atoms with Gasteiger partial charge in [-0.1, -0.05) is 0 Å². The minimum Gasteiger partial charge on any atom is -0.368 e. The summed E-state index contributed by atoms with van der Waals surface area (Å²) in [7, 11) is 0. The van der Waals surface area contributed by atoms with E-state index in [1.165, 1.54) is 0 Å². The molecule has 0 unspecified atom stereocenters. The van der Waals surface area contributed by atoms with Gasteiger partial charge >= 0.3 is 0 Å². The lowest BCUT2D eigenvalue weighted by molar-refractivity contribution is 0.102. The van der Waals surface area contributed by atoms with Crippen molar-refractivity contribution in [1.82, 2.24) is 15.3 Å². The molecule has 3 N–H and O–H groups in total. The number of hydrogen-bond donors (Lipinski definition) is 3. The molecule has 1 saturated heterocycles. The van der Waals surface area contributed by atoms with Gasteiger partial charge in [0, 0.05) is 32.4 Å². The maximum atomic E-state index is 11.9. The topological polar surface area (TPSA) is 73.1 Å². The van der Waals surface area contributed by atoms with Crippen LogP contribution < -0.4 is 15.5 Å². The van der Waals surface area contributed by atoms with Crippen LogP contribution in [0, 0.1) is 0 Å². The number of halogens is 1. The highest BCUT2D eigenvalue weighted by Crippen LogP contribution is 2.15. The molecule has 1 amide bonds. The number of H-pyrrole nitrogens is 1. The van der Waals surface area contributed by atoms with Gasteiger partial charge in [0.1, 0.15) is 11.5 Å². The Morgan fingerprint density at radius 1 is 1.24 bits per heavy atom. The SMILES string of the molecule is Cl.O=C(Nc1ccc(N2CCNCC2)cn1)c1ccc[nH]1. The molecule has 0 bridgehead atoms. The number of piperazine rings is 1. The maximum absolute atomic E-state index is 11.9. The summed E-state index contributed by atoms with van der Waals surface area (Å²) in [6, 6.07) is 7.33. The number of rotatable bonds is 3. The van der Waals surface area contributed by atoms with Crippen LogP contribution in [0.2, 0.25) is 0 Å². The summed E-state index contributed by atoms with van der Waals surface area (Å²) in [4.78, 5) is 21.3. The van der Waals surface area contributed by atoms with Gasteiger partial charge in [0.2, 0.25) is 0 Å². The number of aromatic nitrogens is 2. The minimum absolute atomic E-state index is 0. The molecule has 2 aromatic heterocycles. The second-order valence-electron chi connectivity index (χ2n) is 4.68. The van der Waals surface area contributed by atoms with E-state index in [1.807, 2.05) is 12.1 Å². The average molecular weight is 308 g/mol. The fraction of sp³-hybridized carbons (Fsp3) is 0.286. The summed E-state index contributed by atoms with van der Waals surface area (Å²) in [6.45, 7) is 3.95. The molecule has 0 spiro atoms. The van der Waals surface area contributed by atoms with E-state index in [2.05, 4.69) is 25.5 Å². The predicted molar refractivity (Wildman–Crippen MR) is 85.3 cm³/mol. The zero-order valence-electron chi connectivity index (χ0n) is 11.5. The van der Waals surface area contributed by atoms with E-state index in [4.69, 9.17) is 0 Å². The maximum Gasteiger partial charge on any atom is 0.273 e. The van der Waals surface area contributed by atoms with Crippen LogP contribution in [0.25, 0.3) is 0 Å². The van der Waals surface area contributed by atoms with E-state index < -0.39 is 0 Å². The van der Waals surface area contributed by atoms with Crippen molar-refractivity contribution in [2.24, 2.45) is 0 Å². The Morgan fingerprint density at radius 2 is 2.05 bits per heavy atom. The van der Waals surface area contributed by atoms with E-state index in [0.717, 1.165) is 31.9 Å². The third-order valence-electron chi connectivity index (χ3n) is 3.31. The van der Waals surface area contributed by atoms with Gasteiger partial charge in [-0.3, -0.25) is 4.79 Å². The molecule has 0 atom stereocenters. The van der Waals surface area contributed by atoms with Crippen LogP contribution in [0.15, 0.2) is 36.7 Å². The number of nitrogens with zero attached hydrogens (tertiary/aromatic N) is 2. The first-order chi connectivity index (χ1) is 9.83. The Hall–Kier alpha value is -2.05. The van der Waals surface area contributed by atoms with Gasteiger partial charge in [0.05, 0.1) is 11.9 Å². The van der Waals surface area contributed by atoms with Crippen LogP contribution >= 0.6 is 12.4 Å². The smallest absolute Gasteiger partial charge is 0.273 e. The van der Waals surface area contributed by atoms with Gasteiger partial charge < -0.3 is 20.5 Å². The first-order valence-corrected chi connectivity index (χ1v) is 6.69. The molecule has 1 aliphatic rings. The lowest BCUT2D eigenvalue weighted by Gasteiger charge is -2.29. The zero-order chi connectivity index (χ0) is 13.8. The lowest BCUT2D eigenvalue weighted by Crippen LogP contribution is -2.43. The predicted octanol–water partition coefficient (Wildman–Crippen LogP) is 1.49. The molecule has 0 aromatic carbocycles. The lowest BCUT2D eigenvalue weighted by atomic mass is 10.3. The number of pyridine rings is 1. The highest BCUT2D eigenvalue weighted by molar-refractivity contribution is 6.02. The summed E-state index contributed by atoms with van der Waals surface area (Å²) in [5.74, 6) is 0.376. The normalized spacial score (nSPS) is 14.4. The van der Waals surface area contributed by atoms with Crippen molar-refractivity contribution in [3.8, 4) is 0 Å². The molecule has 0 aliphatic carbocycles. The molecule has 3 heterocycles. The first kappa shape index (κ1) is 15.3. The van der Waals surface area contributed by atoms with Crippen LogP contribution in [0.1, 0.15) is 10.5 Å². The molecular weight excluding hydrogens is 290 g/mol. The van der Waals surface area contributed by atoms with Gasteiger partial charge in [0.25, 0.3) is 5.91 Å². The molecule has 2 aromatic rings. The average Bonchev–Trinajstić information content (AvgIpc) is 3.03. The Labute approximate surface area is 129 Å². The van der Waals surface area contributed by atoms with Crippen LogP contribution in [0.4, 0.5) is 11.5 Å². The molecule has 1 aliphatic heterocycles. The third-order valence-corrected chi connectivity index (χ3v) is 3.31. The van der Waals surface area contributed by atoms with Crippen LogP contribution in [0.5, 0.6) is 0 Å². The molecule has 1 fully saturated rings. The number of hydrogen-bond acceptors (Lipinski definition) is 4. The summed E-state index contributed by atoms with van der Waals surface area (Å²) < 4.78 is 0. The zero-order valence-corrected chi connectivity index (χ0v) is 12.3. The Balaban J connectivity index is 0.00000161. The van der Waals surface area contributed by atoms with E-state index in [9.17, 15) is 4.79 Å². The molecular formula is C14H18ClN5O. The van der Waals surface area contributed by atoms with Crippen molar-refractivity contribution in [1.29, 1.82) is 0 Å². The van der Waals surface area contributed by atoms with Crippen molar-refractivity contribution >= 4 is 29.8 Å². The fourth-order valence-corrected chi connectivity index (χ4v) is 2.23. The quantitative estimate of drug-likeness (QED) is 0.803. The van der Waals surface area contributed by atoms with Gasteiger partial charge in [-0.15, -0.1) is 12.4 Å². The number of amides is 1. The monoisotopic (exact) mass is 307 g/mol. The largest absolute Gasteiger partial charge is 0.368 e. The summed E-state index contributed by atoms with van der Waals surface area (Å²) in [5, 5.41) is 6.08. The minimum atomic E-state index is -0.183. The number of carbonyl (C=O) groups excluding carboxylic acids is 1. The van der Waals surface area contributed by atoms with Crippen LogP contribution in [0.3, 0.4) is 0 Å². The molecule has 21 heavy (non-hydrogen) atoms. The molecule has 0 saturated carbocycles. The van der Waals surface area contributed by atoms with Gasteiger partial charge in [-0.05, 0) is 24.3 Å². The van der Waals surface area contributed by atoms with Crippen molar-refractivity contribution in [3.05, 3.63) is 42.4 Å². The van der Waals surface area contributed by atoms with Crippen molar-refractivity contribution in [2.75, 3.05) is 36.4 Å². The van der Waals surface area contributed by atoms with Gasteiger partial charge in [0.15, 0.2) is 0 Å². The number of aromatic amines is 1. The van der Waals surface area contributed by atoms with Crippen molar-refractivity contribution < 1.29 is 4.79 Å². The fourth-order valence-electron chi connectivity index (χ4n) is 2.23. The highest BCUT2D eigenvalue weighted by Gasteiger charge is 2.11. The Kier molecular flexibility index (Phi) is 5.19. The summed E-state index contributed by atoms with van der Waals surface area (Å²) >= 11 is 0. The number of anilines is 2. The van der Waals surface area contributed by atoms with E-state index >= 15 is 0 Å². The Bertz CT molecular complexity index is 564. The van der Waals surface area contributed by atoms with E-state index in [-0.39, 0.29) is 18.3 Å². The second-order valence-corrected chi connectivity index (χ2v) is 4.68. The van der Waals surface area contributed by atoms with E-state index in [1.54, 1.807) is 24.5 Å². The number of carbonyl (C=O) groups is 1. The molecule has 7 heteroatoms. The van der Waals surface area contributed by atoms with Gasteiger partial charge in [-0.25, -0.2) is 4.98 Å². The molecule has 3 rings (SSSR count). The first-order valence-electron chi connectivity index (χ1n) is 6.69. The number of nitrogens with one attached hydrogen (secondary N) is 3. The standard InChI is InChI=1S/C14H17N5O.ClH/c20-14(12-2-1-5-16-12)18-13-4-3-11(10-17-13)19-8-6-15-7-9-19;/h1-5,10,15-16H,6-9H2,(H,17,18,20);1H. The highest BCUT2D eigenvalue weighted by atomic mass is 35.5. The Morgan fingerprint density at radius 3 is 2.67 bits per heavy atom. The van der Waals surface area contributed by atoms with Crippen molar-refractivity contribution in [2.45, 2.75) is 0 Å². The van der Waals surface area contributed by atoms with Gasteiger partial charge in [-0.2, -0.15) is 0 Å². The summed E-state index contributed by atoms with van der Waals surface area (Å²) in [5.41, 5.74) is 1.61. The van der Waals surface area contributed by atoms with Crippen molar-refractivity contribution in [3.63, 3.8) is 0 Å². The molecule has 6 nitrogen and oxygen atoms in total.